The number of anilines is 1. The molecule has 0 amide bonds. The Hall–Kier alpha value is -2.14. The number of aryl methyl sites for hydroxylation is 3. The summed E-state index contributed by atoms with van der Waals surface area (Å²) in [5.74, 6) is 8.22. The number of hydrogen-bond acceptors (Lipinski definition) is 5. The van der Waals surface area contributed by atoms with Gasteiger partial charge in [-0.3, -0.25) is 0 Å². The predicted molar refractivity (Wildman–Crippen MR) is 82.5 cm³/mol. The van der Waals surface area contributed by atoms with E-state index in [0.717, 1.165) is 24.2 Å². The second kappa shape index (κ2) is 5.69. The standard InChI is InChI=1S/C16H20N4O/c1-3-14-18-15(20-17)10(2)16(19-14)21-13-8-7-11-5-4-6-12(11)9-13/h7-9H,3-6,17H2,1-2H3,(H,18,19,20). The van der Waals surface area contributed by atoms with E-state index in [9.17, 15) is 0 Å². The van der Waals surface area contributed by atoms with E-state index in [2.05, 4.69) is 27.5 Å². The van der Waals surface area contributed by atoms with E-state index in [-0.39, 0.29) is 0 Å². The van der Waals surface area contributed by atoms with Crippen LogP contribution in [0.2, 0.25) is 0 Å². The average molecular weight is 284 g/mol. The Labute approximate surface area is 124 Å². The molecule has 2 aromatic rings. The van der Waals surface area contributed by atoms with Crippen molar-refractivity contribution < 1.29 is 4.74 Å². The third-order valence-corrected chi connectivity index (χ3v) is 3.88. The Balaban J connectivity index is 1.94. The second-order valence-corrected chi connectivity index (χ2v) is 5.30. The zero-order chi connectivity index (χ0) is 14.8. The summed E-state index contributed by atoms with van der Waals surface area (Å²) < 4.78 is 5.97. The number of rotatable bonds is 4. The van der Waals surface area contributed by atoms with Crippen molar-refractivity contribution in [2.75, 3.05) is 5.43 Å². The van der Waals surface area contributed by atoms with Crippen molar-refractivity contribution >= 4 is 5.82 Å². The van der Waals surface area contributed by atoms with Crippen molar-refractivity contribution in [3.63, 3.8) is 0 Å². The molecule has 3 rings (SSSR count). The van der Waals surface area contributed by atoms with Gasteiger partial charge in [-0.05, 0) is 49.4 Å². The Morgan fingerprint density at radius 2 is 2.05 bits per heavy atom. The number of hydrogen-bond donors (Lipinski definition) is 2. The molecule has 0 saturated heterocycles. The summed E-state index contributed by atoms with van der Waals surface area (Å²) in [7, 11) is 0. The maximum Gasteiger partial charge on any atom is 0.227 e. The topological polar surface area (TPSA) is 73.1 Å². The summed E-state index contributed by atoms with van der Waals surface area (Å²) in [4.78, 5) is 8.80. The van der Waals surface area contributed by atoms with Crippen LogP contribution in [0.1, 0.15) is 35.9 Å². The van der Waals surface area contributed by atoms with Gasteiger partial charge in [0.05, 0.1) is 5.56 Å². The monoisotopic (exact) mass is 284 g/mol. The number of hydrazine groups is 1. The molecule has 5 heteroatoms. The minimum absolute atomic E-state index is 0.563. The van der Waals surface area contributed by atoms with Crippen molar-refractivity contribution in [1.82, 2.24) is 9.97 Å². The van der Waals surface area contributed by atoms with Crippen LogP contribution in [0.3, 0.4) is 0 Å². The molecule has 21 heavy (non-hydrogen) atoms. The molecule has 1 heterocycles. The number of nitrogen functional groups attached to an aromatic ring is 1. The predicted octanol–water partition coefficient (Wildman–Crippen LogP) is 2.91. The van der Waals surface area contributed by atoms with Crippen molar-refractivity contribution in [3.8, 4) is 11.6 Å². The fraction of sp³-hybridized carbons (Fsp3) is 0.375. The van der Waals surface area contributed by atoms with Gasteiger partial charge in [0, 0.05) is 6.42 Å². The van der Waals surface area contributed by atoms with Gasteiger partial charge in [-0.1, -0.05) is 13.0 Å². The minimum atomic E-state index is 0.563. The molecule has 0 aliphatic heterocycles. The maximum absolute atomic E-state index is 5.97. The molecule has 3 N–H and O–H groups in total. The van der Waals surface area contributed by atoms with E-state index >= 15 is 0 Å². The molecule has 0 atom stereocenters. The molecule has 1 aliphatic carbocycles. The first-order valence-corrected chi connectivity index (χ1v) is 7.35. The van der Waals surface area contributed by atoms with E-state index in [1.807, 2.05) is 19.9 Å². The first kappa shape index (κ1) is 13.8. The number of nitrogens with one attached hydrogen (secondary N) is 1. The summed E-state index contributed by atoms with van der Waals surface area (Å²) in [6, 6.07) is 6.27. The van der Waals surface area contributed by atoms with Crippen LogP contribution in [0.5, 0.6) is 11.6 Å². The third kappa shape index (κ3) is 2.69. The Kier molecular flexibility index (Phi) is 3.75. The summed E-state index contributed by atoms with van der Waals surface area (Å²) in [6.07, 6.45) is 4.26. The minimum Gasteiger partial charge on any atom is -0.439 e. The molecular weight excluding hydrogens is 264 g/mol. The molecule has 5 nitrogen and oxygen atoms in total. The second-order valence-electron chi connectivity index (χ2n) is 5.30. The van der Waals surface area contributed by atoms with E-state index in [1.165, 1.54) is 24.0 Å². The average Bonchev–Trinajstić information content (AvgIpc) is 2.97. The van der Waals surface area contributed by atoms with Crippen LogP contribution in [0, 0.1) is 6.92 Å². The van der Waals surface area contributed by atoms with Gasteiger partial charge in [-0.15, -0.1) is 0 Å². The van der Waals surface area contributed by atoms with Crippen LogP contribution < -0.4 is 16.0 Å². The third-order valence-electron chi connectivity index (χ3n) is 3.88. The summed E-state index contributed by atoms with van der Waals surface area (Å²) in [5.41, 5.74) is 6.23. The number of nitrogens with zero attached hydrogens (tertiary/aromatic N) is 2. The molecule has 0 unspecified atom stereocenters. The van der Waals surface area contributed by atoms with E-state index < -0.39 is 0 Å². The molecule has 0 radical (unpaired) electrons. The number of ether oxygens (including phenoxy) is 1. The van der Waals surface area contributed by atoms with Crippen molar-refractivity contribution in [1.29, 1.82) is 0 Å². The quantitative estimate of drug-likeness (QED) is 0.667. The van der Waals surface area contributed by atoms with E-state index in [0.29, 0.717) is 17.5 Å². The van der Waals surface area contributed by atoms with Gasteiger partial charge in [0.1, 0.15) is 17.4 Å². The molecule has 0 bridgehead atoms. The summed E-state index contributed by atoms with van der Waals surface area (Å²) >= 11 is 0. The SMILES string of the molecule is CCc1nc(NN)c(C)c(Oc2ccc3c(c2)CCC3)n1. The van der Waals surface area contributed by atoms with Crippen molar-refractivity contribution in [3.05, 3.63) is 40.7 Å². The lowest BCUT2D eigenvalue weighted by Crippen LogP contribution is -2.13. The summed E-state index contributed by atoms with van der Waals surface area (Å²) in [6.45, 7) is 3.90. The van der Waals surface area contributed by atoms with Gasteiger partial charge in [0.25, 0.3) is 0 Å². The number of aromatic nitrogens is 2. The maximum atomic E-state index is 5.97. The van der Waals surface area contributed by atoms with Crippen molar-refractivity contribution in [2.24, 2.45) is 5.84 Å². The lowest BCUT2D eigenvalue weighted by Gasteiger charge is -2.13. The largest absolute Gasteiger partial charge is 0.439 e. The fourth-order valence-electron chi connectivity index (χ4n) is 2.66. The highest BCUT2D eigenvalue weighted by Crippen LogP contribution is 2.30. The highest BCUT2D eigenvalue weighted by atomic mass is 16.5. The molecule has 110 valence electrons. The highest BCUT2D eigenvalue weighted by molar-refractivity contribution is 5.49. The lowest BCUT2D eigenvalue weighted by atomic mass is 10.1. The number of nitrogens with two attached hydrogens (primary N) is 1. The molecule has 0 spiro atoms. The first-order valence-electron chi connectivity index (χ1n) is 7.35. The molecular formula is C16H20N4O. The van der Waals surface area contributed by atoms with Crippen LogP contribution in [0.15, 0.2) is 18.2 Å². The molecule has 1 aromatic heterocycles. The zero-order valence-corrected chi connectivity index (χ0v) is 12.4. The Bertz CT molecular complexity index is 670. The Morgan fingerprint density at radius 1 is 1.24 bits per heavy atom. The molecule has 0 saturated carbocycles. The van der Waals surface area contributed by atoms with Crippen LogP contribution >= 0.6 is 0 Å². The fourth-order valence-corrected chi connectivity index (χ4v) is 2.66. The van der Waals surface area contributed by atoms with E-state index in [1.54, 1.807) is 0 Å². The van der Waals surface area contributed by atoms with Gasteiger partial charge < -0.3 is 10.2 Å². The normalized spacial score (nSPS) is 13.1. The van der Waals surface area contributed by atoms with Gasteiger partial charge in [0.15, 0.2) is 0 Å². The van der Waals surface area contributed by atoms with Crippen molar-refractivity contribution in [2.45, 2.75) is 39.5 Å². The number of benzene rings is 1. The summed E-state index contributed by atoms with van der Waals surface area (Å²) in [5, 5.41) is 0. The smallest absolute Gasteiger partial charge is 0.227 e. The highest BCUT2D eigenvalue weighted by Gasteiger charge is 2.14. The van der Waals surface area contributed by atoms with Crippen LogP contribution in [0.25, 0.3) is 0 Å². The Morgan fingerprint density at radius 3 is 2.81 bits per heavy atom. The molecule has 1 aliphatic rings. The number of fused-ring (bicyclic) bond motifs is 1. The zero-order valence-electron chi connectivity index (χ0n) is 12.4. The van der Waals surface area contributed by atoms with Crippen LogP contribution in [0.4, 0.5) is 5.82 Å². The van der Waals surface area contributed by atoms with Gasteiger partial charge in [-0.2, -0.15) is 4.98 Å². The van der Waals surface area contributed by atoms with E-state index in [4.69, 9.17) is 10.6 Å². The molecule has 0 fully saturated rings. The van der Waals surface area contributed by atoms with Crippen LogP contribution in [-0.4, -0.2) is 9.97 Å². The molecule has 1 aromatic carbocycles. The van der Waals surface area contributed by atoms with Crippen LogP contribution in [-0.2, 0) is 19.3 Å². The van der Waals surface area contributed by atoms with Gasteiger partial charge >= 0.3 is 0 Å². The van der Waals surface area contributed by atoms with Gasteiger partial charge in [-0.25, -0.2) is 10.8 Å². The van der Waals surface area contributed by atoms with Gasteiger partial charge in [0.2, 0.25) is 5.88 Å². The first-order chi connectivity index (χ1) is 10.2. The lowest BCUT2D eigenvalue weighted by molar-refractivity contribution is 0.454.